The second-order valence-corrected chi connectivity index (χ2v) is 9.48. The second kappa shape index (κ2) is 9.86. The van der Waals surface area contributed by atoms with Gasteiger partial charge in [0.15, 0.2) is 11.5 Å². The highest BCUT2D eigenvalue weighted by Gasteiger charge is 2.19. The third-order valence-corrected chi connectivity index (χ3v) is 6.91. The van der Waals surface area contributed by atoms with Crippen molar-refractivity contribution in [2.24, 2.45) is 0 Å². The van der Waals surface area contributed by atoms with Crippen LogP contribution in [-0.4, -0.2) is 67.4 Å². The zero-order chi connectivity index (χ0) is 27.1. The minimum absolute atomic E-state index is 0.185. The topological polar surface area (TPSA) is 125 Å². The molecule has 0 aliphatic carbocycles. The molecule has 11 heteroatoms. The minimum Gasteiger partial charge on any atom is -0.378 e. The number of nitrogens with zero attached hydrogens (tertiary/aromatic N) is 5. The summed E-state index contributed by atoms with van der Waals surface area (Å²) in [4.78, 5) is 31.4. The Morgan fingerprint density at radius 2 is 1.82 bits per heavy atom. The summed E-state index contributed by atoms with van der Waals surface area (Å²) in [5.41, 5.74) is 6.49. The number of hydrogen-bond donors (Lipinski definition) is 3. The SMILES string of the molecule is O=C(Nc1cncc(-c2cnc3[nH]nc(-c4nc5c(-c6cccc(F)c6)cccc5[nH]4)c3c2)c1)N1CCOCC1. The van der Waals surface area contributed by atoms with Crippen LogP contribution in [0.3, 0.4) is 0 Å². The summed E-state index contributed by atoms with van der Waals surface area (Å²) < 4.78 is 19.3. The van der Waals surface area contributed by atoms with Crippen LogP contribution in [0.1, 0.15) is 0 Å². The molecule has 2 aromatic carbocycles. The maximum Gasteiger partial charge on any atom is 0.322 e. The lowest BCUT2D eigenvalue weighted by Crippen LogP contribution is -2.43. The molecule has 1 saturated heterocycles. The van der Waals surface area contributed by atoms with E-state index < -0.39 is 0 Å². The molecule has 2 amide bonds. The number of hydrogen-bond acceptors (Lipinski definition) is 6. The van der Waals surface area contributed by atoms with E-state index in [4.69, 9.17) is 9.72 Å². The van der Waals surface area contributed by atoms with Crippen molar-refractivity contribution in [3.05, 3.63) is 79.0 Å². The third kappa shape index (κ3) is 4.41. The molecule has 10 nitrogen and oxygen atoms in total. The van der Waals surface area contributed by atoms with Gasteiger partial charge in [-0.15, -0.1) is 0 Å². The fourth-order valence-corrected chi connectivity index (χ4v) is 4.91. The second-order valence-electron chi connectivity index (χ2n) is 9.48. The lowest BCUT2D eigenvalue weighted by atomic mass is 10.0. The van der Waals surface area contributed by atoms with E-state index in [1.165, 1.54) is 12.1 Å². The van der Waals surface area contributed by atoms with E-state index in [2.05, 4.69) is 30.5 Å². The third-order valence-electron chi connectivity index (χ3n) is 6.91. The van der Waals surface area contributed by atoms with Gasteiger partial charge in [0.25, 0.3) is 0 Å². The first-order chi connectivity index (χ1) is 19.6. The molecule has 0 radical (unpaired) electrons. The fraction of sp³-hybridized carbons (Fsp3) is 0.138. The molecule has 0 saturated carbocycles. The van der Waals surface area contributed by atoms with Gasteiger partial charge in [-0.1, -0.05) is 24.3 Å². The first kappa shape index (κ1) is 23.9. The molecule has 1 aliphatic rings. The molecule has 4 aromatic heterocycles. The monoisotopic (exact) mass is 534 g/mol. The summed E-state index contributed by atoms with van der Waals surface area (Å²) in [6.07, 6.45) is 5.07. The minimum atomic E-state index is -0.304. The van der Waals surface area contributed by atoms with Gasteiger partial charge >= 0.3 is 6.03 Å². The van der Waals surface area contributed by atoms with E-state index >= 15 is 0 Å². The molecule has 0 bridgehead atoms. The van der Waals surface area contributed by atoms with Gasteiger partial charge in [0.1, 0.15) is 11.5 Å². The van der Waals surface area contributed by atoms with E-state index in [0.29, 0.717) is 49.2 Å². The van der Waals surface area contributed by atoms with Crippen molar-refractivity contribution >= 4 is 33.8 Å². The van der Waals surface area contributed by atoms with E-state index in [9.17, 15) is 9.18 Å². The van der Waals surface area contributed by atoms with E-state index in [0.717, 1.165) is 38.7 Å². The van der Waals surface area contributed by atoms with Gasteiger partial charge < -0.3 is 19.9 Å². The molecule has 40 heavy (non-hydrogen) atoms. The Hall–Kier alpha value is -5.16. The quantitative estimate of drug-likeness (QED) is 0.284. The number of H-pyrrole nitrogens is 2. The Kier molecular flexibility index (Phi) is 5.90. The van der Waals surface area contributed by atoms with E-state index in [-0.39, 0.29) is 11.8 Å². The number of pyridine rings is 2. The van der Waals surface area contributed by atoms with Gasteiger partial charge in [-0.25, -0.2) is 19.2 Å². The fourth-order valence-electron chi connectivity index (χ4n) is 4.91. The number of morpholine rings is 1. The maximum absolute atomic E-state index is 13.9. The first-order valence-electron chi connectivity index (χ1n) is 12.8. The molecule has 198 valence electrons. The number of fused-ring (bicyclic) bond motifs is 2. The number of nitrogens with one attached hydrogen (secondary N) is 3. The molecule has 7 rings (SSSR count). The summed E-state index contributed by atoms with van der Waals surface area (Å²) in [6, 6.07) is 15.9. The zero-order valence-electron chi connectivity index (χ0n) is 21.2. The number of rotatable bonds is 4. The number of amides is 2. The van der Waals surface area contributed by atoms with Gasteiger partial charge in [0.2, 0.25) is 0 Å². The Balaban J connectivity index is 1.23. The lowest BCUT2D eigenvalue weighted by molar-refractivity contribution is 0.0564. The number of carbonyl (C=O) groups excluding carboxylic acids is 1. The molecular formula is C29H23FN8O2. The Morgan fingerprint density at radius 3 is 2.70 bits per heavy atom. The molecule has 1 fully saturated rings. The van der Waals surface area contributed by atoms with Crippen molar-refractivity contribution in [2.45, 2.75) is 0 Å². The molecule has 3 N–H and O–H groups in total. The van der Waals surface area contributed by atoms with Crippen molar-refractivity contribution in [1.29, 1.82) is 0 Å². The molecule has 0 atom stereocenters. The van der Waals surface area contributed by atoms with Crippen molar-refractivity contribution in [2.75, 3.05) is 31.6 Å². The zero-order valence-corrected chi connectivity index (χ0v) is 21.2. The average Bonchev–Trinajstić information content (AvgIpc) is 3.61. The van der Waals surface area contributed by atoms with Crippen LogP contribution in [0.4, 0.5) is 14.9 Å². The number of anilines is 1. The summed E-state index contributed by atoms with van der Waals surface area (Å²) in [7, 11) is 0. The van der Waals surface area contributed by atoms with Gasteiger partial charge in [-0.05, 0) is 35.9 Å². The number of urea groups is 1. The standard InChI is InChI=1S/C29H23FN8O2/c30-20-4-1-3-17(11-20)22-5-2-6-24-25(22)35-28(34-24)26-23-13-19(15-32-27(23)37-36-26)18-12-21(16-31-14-18)33-29(39)38-7-9-40-10-8-38/h1-6,11-16H,7-10H2,(H,33,39)(H,34,35)(H,32,36,37). The van der Waals surface area contributed by atoms with Crippen LogP contribution in [0.25, 0.3) is 55.8 Å². The van der Waals surface area contributed by atoms with Crippen LogP contribution >= 0.6 is 0 Å². The van der Waals surface area contributed by atoms with Gasteiger partial charge in [-0.3, -0.25) is 10.1 Å². The maximum atomic E-state index is 13.9. The summed E-state index contributed by atoms with van der Waals surface area (Å²) in [5.74, 6) is 0.259. The Labute approximate surface area is 227 Å². The Bertz CT molecular complexity index is 1880. The number of aromatic amines is 2. The molecule has 1 aliphatic heterocycles. The number of ether oxygens (including phenoxy) is 1. The smallest absolute Gasteiger partial charge is 0.322 e. The normalized spacial score (nSPS) is 13.7. The van der Waals surface area contributed by atoms with Gasteiger partial charge in [-0.2, -0.15) is 5.10 Å². The molecular weight excluding hydrogens is 511 g/mol. The van der Waals surface area contributed by atoms with Crippen LogP contribution in [0.5, 0.6) is 0 Å². The van der Waals surface area contributed by atoms with Crippen molar-refractivity contribution in [3.8, 4) is 33.8 Å². The van der Waals surface area contributed by atoms with Crippen LogP contribution in [-0.2, 0) is 4.74 Å². The van der Waals surface area contributed by atoms with E-state index in [1.54, 1.807) is 29.6 Å². The lowest BCUT2D eigenvalue weighted by Gasteiger charge is -2.26. The van der Waals surface area contributed by atoms with Crippen LogP contribution in [0.2, 0.25) is 0 Å². The van der Waals surface area contributed by atoms with Crippen LogP contribution in [0.15, 0.2) is 73.2 Å². The molecule has 0 spiro atoms. The Morgan fingerprint density at radius 1 is 0.975 bits per heavy atom. The number of imidazole rings is 1. The van der Waals surface area contributed by atoms with Crippen molar-refractivity contribution in [3.63, 3.8) is 0 Å². The van der Waals surface area contributed by atoms with Crippen molar-refractivity contribution in [1.82, 2.24) is 35.0 Å². The number of halogens is 1. The number of carbonyl (C=O) groups is 1. The number of aromatic nitrogens is 6. The molecule has 0 unspecified atom stereocenters. The van der Waals surface area contributed by atoms with Gasteiger partial charge in [0, 0.05) is 42.2 Å². The predicted octanol–water partition coefficient (Wildman–Crippen LogP) is 5.23. The summed E-state index contributed by atoms with van der Waals surface area (Å²) in [5, 5.41) is 11.2. The highest BCUT2D eigenvalue weighted by molar-refractivity contribution is 5.97. The summed E-state index contributed by atoms with van der Waals surface area (Å²) >= 11 is 0. The van der Waals surface area contributed by atoms with Gasteiger partial charge in [0.05, 0.1) is 41.5 Å². The predicted molar refractivity (Wildman–Crippen MR) is 149 cm³/mol. The first-order valence-corrected chi connectivity index (χ1v) is 12.8. The summed E-state index contributed by atoms with van der Waals surface area (Å²) in [6.45, 7) is 2.16. The highest BCUT2D eigenvalue weighted by atomic mass is 19.1. The molecule has 6 aromatic rings. The number of benzene rings is 2. The largest absolute Gasteiger partial charge is 0.378 e. The van der Waals surface area contributed by atoms with Crippen LogP contribution < -0.4 is 5.32 Å². The average molecular weight is 535 g/mol. The number of para-hydroxylation sites is 1. The van der Waals surface area contributed by atoms with Crippen LogP contribution in [0, 0.1) is 5.82 Å². The van der Waals surface area contributed by atoms with Crippen molar-refractivity contribution < 1.29 is 13.9 Å². The van der Waals surface area contributed by atoms with E-state index in [1.807, 2.05) is 36.4 Å². The highest BCUT2D eigenvalue weighted by Crippen LogP contribution is 2.33. The molecule has 5 heterocycles.